The van der Waals surface area contributed by atoms with Crippen molar-refractivity contribution >= 4 is 71.6 Å². The summed E-state index contributed by atoms with van der Waals surface area (Å²) in [6, 6.07) is 73.8. The minimum absolute atomic E-state index is 0.850. The van der Waals surface area contributed by atoms with Gasteiger partial charge in [-0.1, -0.05) is 140 Å². The van der Waals surface area contributed by atoms with Crippen LogP contribution in [0.1, 0.15) is 0 Å². The van der Waals surface area contributed by atoms with Crippen LogP contribution in [0.4, 0.5) is 17.1 Å². The number of furan rings is 1. The molecule has 2 aromatic heterocycles. The molecule has 0 fully saturated rings. The summed E-state index contributed by atoms with van der Waals surface area (Å²) in [5.41, 5.74) is 13.2. The summed E-state index contributed by atoms with van der Waals surface area (Å²) in [4.78, 5) is 2.36. The largest absolute Gasteiger partial charge is 0.456 e. The van der Waals surface area contributed by atoms with Crippen LogP contribution in [0.25, 0.3) is 82.5 Å². The molecule has 11 aromatic rings. The molecule has 9 aromatic carbocycles. The van der Waals surface area contributed by atoms with Crippen LogP contribution >= 0.6 is 0 Å². The number of rotatable bonds is 6. The molecule has 0 aliphatic heterocycles. The van der Waals surface area contributed by atoms with Crippen LogP contribution in [0.2, 0.25) is 0 Å². The summed E-state index contributed by atoms with van der Waals surface area (Å²) in [5.74, 6) is 0. The Morgan fingerprint density at radius 3 is 1.64 bits per heavy atom. The molecule has 3 heteroatoms. The average Bonchev–Trinajstić information content (AvgIpc) is 3.79. The lowest BCUT2D eigenvalue weighted by Gasteiger charge is -2.27. The molecule has 3 nitrogen and oxygen atoms in total. The molecular formula is C52H34N2O. The Balaban J connectivity index is 1.08. The van der Waals surface area contributed by atoms with E-state index in [9.17, 15) is 0 Å². The zero-order valence-corrected chi connectivity index (χ0v) is 29.9. The standard InChI is InChI=1S/C52H34N2O/c1-3-13-35(14-4-1)36-23-25-38(26-24-36)53(50-31-30-41(37-15-5-2-6-16-37)42-17-7-8-18-43(42)50)40-27-29-46-47-33-39(28-32-51(47)55-52(46)34-40)54-48-21-11-9-19-44(48)45-20-10-12-22-49(45)54/h1-34H. The van der Waals surface area contributed by atoms with Gasteiger partial charge in [-0.15, -0.1) is 0 Å². The number of anilines is 3. The number of fused-ring (bicyclic) bond motifs is 7. The molecule has 0 radical (unpaired) electrons. The van der Waals surface area contributed by atoms with Crippen LogP contribution in [0.3, 0.4) is 0 Å². The minimum atomic E-state index is 0.850. The fraction of sp³-hybridized carbons (Fsp3) is 0. The van der Waals surface area contributed by atoms with E-state index in [1.807, 2.05) is 0 Å². The second-order valence-corrected chi connectivity index (χ2v) is 14.1. The van der Waals surface area contributed by atoms with Crippen LogP contribution in [0.15, 0.2) is 211 Å². The zero-order chi connectivity index (χ0) is 36.3. The van der Waals surface area contributed by atoms with Crippen molar-refractivity contribution in [2.45, 2.75) is 0 Å². The topological polar surface area (TPSA) is 21.3 Å². The Morgan fingerprint density at radius 2 is 0.927 bits per heavy atom. The Hall–Kier alpha value is -7.36. The molecule has 0 saturated carbocycles. The molecule has 0 unspecified atom stereocenters. The van der Waals surface area contributed by atoms with Crippen molar-refractivity contribution in [3.8, 4) is 27.9 Å². The van der Waals surface area contributed by atoms with Crippen molar-refractivity contribution in [1.82, 2.24) is 4.57 Å². The van der Waals surface area contributed by atoms with Gasteiger partial charge in [-0.25, -0.2) is 0 Å². The van der Waals surface area contributed by atoms with E-state index in [4.69, 9.17) is 4.42 Å². The molecule has 0 atom stereocenters. The molecule has 258 valence electrons. The summed E-state index contributed by atoms with van der Waals surface area (Å²) in [6.07, 6.45) is 0. The summed E-state index contributed by atoms with van der Waals surface area (Å²) in [6.45, 7) is 0. The van der Waals surface area contributed by atoms with Crippen LogP contribution in [-0.4, -0.2) is 4.57 Å². The molecule has 0 spiro atoms. The maximum absolute atomic E-state index is 6.67. The highest BCUT2D eigenvalue weighted by atomic mass is 16.3. The number of nitrogens with zero attached hydrogens (tertiary/aromatic N) is 2. The number of hydrogen-bond donors (Lipinski definition) is 0. The highest BCUT2D eigenvalue weighted by molar-refractivity contribution is 6.11. The lowest BCUT2D eigenvalue weighted by atomic mass is 9.96. The Morgan fingerprint density at radius 1 is 0.345 bits per heavy atom. The summed E-state index contributed by atoms with van der Waals surface area (Å²) in [5, 5.41) is 7.07. The second-order valence-electron chi connectivity index (χ2n) is 14.1. The highest BCUT2D eigenvalue weighted by Gasteiger charge is 2.20. The van der Waals surface area contributed by atoms with Crippen molar-refractivity contribution in [2.75, 3.05) is 4.90 Å². The summed E-state index contributed by atoms with van der Waals surface area (Å²) < 4.78 is 9.03. The van der Waals surface area contributed by atoms with Gasteiger partial charge >= 0.3 is 0 Å². The third-order valence-corrected chi connectivity index (χ3v) is 11.0. The van der Waals surface area contributed by atoms with Gasteiger partial charge in [0.1, 0.15) is 11.2 Å². The van der Waals surface area contributed by atoms with E-state index in [1.165, 1.54) is 54.8 Å². The molecule has 2 heterocycles. The van der Waals surface area contributed by atoms with E-state index in [2.05, 4.69) is 216 Å². The van der Waals surface area contributed by atoms with Gasteiger partial charge < -0.3 is 13.9 Å². The predicted octanol–water partition coefficient (Wildman–Crippen LogP) is 14.6. The number of benzene rings is 9. The predicted molar refractivity (Wildman–Crippen MR) is 231 cm³/mol. The lowest BCUT2D eigenvalue weighted by molar-refractivity contribution is 0.669. The highest BCUT2D eigenvalue weighted by Crippen LogP contribution is 2.44. The van der Waals surface area contributed by atoms with Gasteiger partial charge in [0.15, 0.2) is 0 Å². The van der Waals surface area contributed by atoms with Gasteiger partial charge in [0, 0.05) is 50.1 Å². The fourth-order valence-corrected chi connectivity index (χ4v) is 8.44. The number of aromatic nitrogens is 1. The van der Waals surface area contributed by atoms with E-state index >= 15 is 0 Å². The first kappa shape index (κ1) is 31.2. The van der Waals surface area contributed by atoms with Gasteiger partial charge in [0.05, 0.1) is 16.7 Å². The first-order valence-electron chi connectivity index (χ1n) is 18.8. The maximum Gasteiger partial charge on any atom is 0.137 e. The number of para-hydroxylation sites is 2. The van der Waals surface area contributed by atoms with Crippen molar-refractivity contribution in [3.63, 3.8) is 0 Å². The minimum Gasteiger partial charge on any atom is -0.456 e. The molecule has 0 saturated heterocycles. The molecular weight excluding hydrogens is 669 g/mol. The molecule has 0 N–H and O–H groups in total. The molecule has 0 amide bonds. The molecule has 0 bridgehead atoms. The molecule has 11 rings (SSSR count). The van der Waals surface area contributed by atoms with E-state index in [0.29, 0.717) is 0 Å². The lowest BCUT2D eigenvalue weighted by Crippen LogP contribution is -2.10. The smallest absolute Gasteiger partial charge is 0.137 e. The molecule has 55 heavy (non-hydrogen) atoms. The van der Waals surface area contributed by atoms with E-state index in [0.717, 1.165) is 44.7 Å². The van der Waals surface area contributed by atoms with Gasteiger partial charge in [-0.3, -0.25) is 0 Å². The second kappa shape index (κ2) is 12.6. The van der Waals surface area contributed by atoms with Gasteiger partial charge in [0.2, 0.25) is 0 Å². The van der Waals surface area contributed by atoms with Crippen molar-refractivity contribution in [2.24, 2.45) is 0 Å². The van der Waals surface area contributed by atoms with Crippen molar-refractivity contribution in [3.05, 3.63) is 206 Å². The van der Waals surface area contributed by atoms with Gasteiger partial charge in [-0.05, 0) is 88.3 Å². The third kappa shape index (κ3) is 5.13. The van der Waals surface area contributed by atoms with E-state index in [-0.39, 0.29) is 0 Å². The quantitative estimate of drug-likeness (QED) is 0.172. The molecule has 0 aliphatic carbocycles. The monoisotopic (exact) mass is 702 g/mol. The fourth-order valence-electron chi connectivity index (χ4n) is 8.44. The van der Waals surface area contributed by atoms with Crippen molar-refractivity contribution < 1.29 is 4.42 Å². The van der Waals surface area contributed by atoms with E-state index < -0.39 is 0 Å². The average molecular weight is 703 g/mol. The first-order valence-corrected chi connectivity index (χ1v) is 18.8. The van der Waals surface area contributed by atoms with E-state index in [1.54, 1.807) is 0 Å². The molecule has 0 aliphatic rings. The normalized spacial score (nSPS) is 11.6. The Kier molecular flexibility index (Phi) is 7.17. The maximum atomic E-state index is 6.67. The Bertz CT molecular complexity index is 3140. The van der Waals surface area contributed by atoms with Crippen LogP contribution in [0, 0.1) is 0 Å². The zero-order valence-electron chi connectivity index (χ0n) is 29.9. The van der Waals surface area contributed by atoms with Gasteiger partial charge in [0.25, 0.3) is 0 Å². The summed E-state index contributed by atoms with van der Waals surface area (Å²) >= 11 is 0. The number of hydrogen-bond acceptors (Lipinski definition) is 2. The van der Waals surface area contributed by atoms with Gasteiger partial charge in [-0.2, -0.15) is 0 Å². The summed E-state index contributed by atoms with van der Waals surface area (Å²) in [7, 11) is 0. The van der Waals surface area contributed by atoms with Crippen molar-refractivity contribution in [1.29, 1.82) is 0 Å². The van der Waals surface area contributed by atoms with Crippen LogP contribution in [-0.2, 0) is 0 Å². The SMILES string of the molecule is c1ccc(-c2ccc(N(c3ccc4c(c3)oc3ccc(-n5c6ccccc6c6ccccc65)cc34)c3ccc(-c4ccccc4)c4ccccc34)cc2)cc1. The van der Waals surface area contributed by atoms with Crippen LogP contribution in [0.5, 0.6) is 0 Å². The third-order valence-electron chi connectivity index (χ3n) is 11.0. The van der Waals surface area contributed by atoms with Crippen LogP contribution < -0.4 is 4.90 Å². The Labute approximate surface area is 318 Å². The first-order chi connectivity index (χ1) is 27.3.